The van der Waals surface area contributed by atoms with Gasteiger partial charge >= 0.3 is 6.03 Å². The summed E-state index contributed by atoms with van der Waals surface area (Å²) >= 11 is 1.13. The highest BCUT2D eigenvalue weighted by Gasteiger charge is 2.11. The van der Waals surface area contributed by atoms with E-state index >= 15 is 0 Å². The van der Waals surface area contributed by atoms with E-state index in [1.165, 1.54) is 11.1 Å². The predicted molar refractivity (Wildman–Crippen MR) is 59.1 cm³/mol. The fraction of sp³-hybridized carbons (Fsp3) is 0.222. The van der Waals surface area contributed by atoms with E-state index in [4.69, 9.17) is 4.42 Å². The Bertz CT molecular complexity index is 440. The van der Waals surface area contributed by atoms with Crippen LogP contribution in [0.25, 0.3) is 0 Å². The van der Waals surface area contributed by atoms with Crippen LogP contribution in [0.2, 0.25) is 0 Å². The minimum atomic E-state index is -0.220. The summed E-state index contributed by atoms with van der Waals surface area (Å²) in [6.45, 7) is 0.422. The molecule has 1 N–H and O–H groups in total. The first-order valence-corrected chi connectivity index (χ1v) is 5.35. The Morgan fingerprint density at radius 3 is 3.19 bits per heavy atom. The van der Waals surface area contributed by atoms with Gasteiger partial charge in [-0.2, -0.15) is 0 Å². The first-order chi connectivity index (χ1) is 7.75. The second-order valence-electron chi connectivity index (χ2n) is 3.15. The van der Waals surface area contributed by atoms with Crippen LogP contribution in [-0.4, -0.2) is 27.6 Å². The molecule has 0 unspecified atom stereocenters. The van der Waals surface area contributed by atoms with E-state index in [9.17, 15) is 4.79 Å². The Balaban J connectivity index is 1.90. The molecule has 7 heteroatoms. The average molecular weight is 238 g/mol. The minimum absolute atomic E-state index is 0.220. The lowest BCUT2D eigenvalue weighted by Crippen LogP contribution is -2.30. The van der Waals surface area contributed by atoms with E-state index in [1.807, 2.05) is 6.07 Å². The third-order valence-electron chi connectivity index (χ3n) is 1.91. The number of nitrogens with one attached hydrogen (secondary N) is 1. The number of aromatic nitrogens is 2. The van der Waals surface area contributed by atoms with E-state index in [-0.39, 0.29) is 6.03 Å². The molecule has 0 aliphatic rings. The van der Waals surface area contributed by atoms with Crippen LogP contribution >= 0.6 is 11.5 Å². The zero-order chi connectivity index (χ0) is 11.4. The van der Waals surface area contributed by atoms with Gasteiger partial charge in [0, 0.05) is 18.6 Å². The van der Waals surface area contributed by atoms with Gasteiger partial charge in [-0.25, -0.2) is 4.79 Å². The highest BCUT2D eigenvalue weighted by molar-refractivity contribution is 7.10. The summed E-state index contributed by atoms with van der Waals surface area (Å²) in [5.74, 6) is 0.736. The van der Waals surface area contributed by atoms with Crippen molar-refractivity contribution < 1.29 is 9.21 Å². The van der Waals surface area contributed by atoms with Crippen molar-refractivity contribution in [2.24, 2.45) is 0 Å². The SMILES string of the molecule is CN(Cc1ccco1)C(=O)Nc1cnns1. The van der Waals surface area contributed by atoms with Crippen molar-refractivity contribution >= 4 is 22.6 Å². The average Bonchev–Trinajstić information content (AvgIpc) is 2.90. The number of hydrogen-bond acceptors (Lipinski definition) is 5. The number of hydrogen-bond donors (Lipinski definition) is 1. The quantitative estimate of drug-likeness (QED) is 0.885. The molecule has 0 aliphatic heterocycles. The molecule has 2 amide bonds. The van der Waals surface area contributed by atoms with Gasteiger partial charge in [-0.1, -0.05) is 4.49 Å². The minimum Gasteiger partial charge on any atom is -0.467 e. The molecule has 0 aliphatic carbocycles. The lowest BCUT2D eigenvalue weighted by Gasteiger charge is -2.15. The molecule has 2 heterocycles. The highest BCUT2D eigenvalue weighted by atomic mass is 32.1. The van der Waals surface area contributed by atoms with Crippen molar-refractivity contribution in [2.75, 3.05) is 12.4 Å². The monoisotopic (exact) mass is 238 g/mol. The van der Waals surface area contributed by atoms with Gasteiger partial charge in [-0.15, -0.1) is 5.10 Å². The third kappa shape index (κ3) is 2.57. The molecule has 6 nitrogen and oxygen atoms in total. The fourth-order valence-electron chi connectivity index (χ4n) is 1.13. The Kier molecular flexibility index (Phi) is 3.16. The van der Waals surface area contributed by atoms with E-state index in [0.29, 0.717) is 11.5 Å². The lowest BCUT2D eigenvalue weighted by atomic mass is 10.4. The zero-order valence-corrected chi connectivity index (χ0v) is 9.40. The maximum atomic E-state index is 11.7. The molecule has 2 rings (SSSR count). The van der Waals surface area contributed by atoms with Crippen LogP contribution in [0.15, 0.2) is 29.0 Å². The molecule has 0 saturated heterocycles. The predicted octanol–water partition coefficient (Wildman–Crippen LogP) is 1.79. The summed E-state index contributed by atoms with van der Waals surface area (Å²) < 4.78 is 8.80. The van der Waals surface area contributed by atoms with Gasteiger partial charge in [0.15, 0.2) is 0 Å². The number of carbonyl (C=O) groups is 1. The van der Waals surface area contributed by atoms with Gasteiger partial charge in [0.1, 0.15) is 10.8 Å². The second-order valence-corrected chi connectivity index (χ2v) is 3.93. The fourth-order valence-corrected chi connectivity index (χ4v) is 1.54. The third-order valence-corrected chi connectivity index (χ3v) is 2.49. The zero-order valence-electron chi connectivity index (χ0n) is 8.58. The summed E-state index contributed by atoms with van der Waals surface area (Å²) in [5, 5.41) is 6.92. The summed E-state index contributed by atoms with van der Waals surface area (Å²) in [4.78, 5) is 13.2. The van der Waals surface area contributed by atoms with E-state index < -0.39 is 0 Å². The van der Waals surface area contributed by atoms with E-state index in [1.54, 1.807) is 19.4 Å². The molecule has 84 valence electrons. The summed E-state index contributed by atoms with van der Waals surface area (Å²) in [6.07, 6.45) is 3.08. The molecular weight excluding hydrogens is 228 g/mol. The number of nitrogens with zero attached hydrogens (tertiary/aromatic N) is 3. The number of anilines is 1. The molecule has 2 aromatic rings. The van der Waals surface area contributed by atoms with Crippen molar-refractivity contribution in [3.05, 3.63) is 30.4 Å². The first-order valence-electron chi connectivity index (χ1n) is 4.57. The molecule has 0 aromatic carbocycles. The maximum absolute atomic E-state index is 11.7. The van der Waals surface area contributed by atoms with Crippen LogP contribution in [0.5, 0.6) is 0 Å². The van der Waals surface area contributed by atoms with Crippen LogP contribution < -0.4 is 5.32 Å². The van der Waals surface area contributed by atoms with Gasteiger partial charge in [0.2, 0.25) is 0 Å². The summed E-state index contributed by atoms with van der Waals surface area (Å²) in [7, 11) is 1.69. The van der Waals surface area contributed by atoms with Crippen molar-refractivity contribution in [1.29, 1.82) is 0 Å². The molecule has 0 spiro atoms. The van der Waals surface area contributed by atoms with Gasteiger partial charge in [0.05, 0.1) is 19.0 Å². The number of urea groups is 1. The molecular formula is C9H10N4O2S. The molecule has 0 radical (unpaired) electrons. The van der Waals surface area contributed by atoms with E-state index in [0.717, 1.165) is 17.3 Å². The molecule has 16 heavy (non-hydrogen) atoms. The Morgan fingerprint density at radius 2 is 2.56 bits per heavy atom. The topological polar surface area (TPSA) is 71.3 Å². The molecule has 2 aromatic heterocycles. The first kappa shape index (κ1) is 10.6. The summed E-state index contributed by atoms with van der Waals surface area (Å²) in [6, 6.07) is 3.38. The van der Waals surface area contributed by atoms with Crippen molar-refractivity contribution in [2.45, 2.75) is 6.54 Å². The van der Waals surface area contributed by atoms with Crippen molar-refractivity contribution in [3.63, 3.8) is 0 Å². The van der Waals surface area contributed by atoms with Crippen LogP contribution in [0.3, 0.4) is 0 Å². The van der Waals surface area contributed by atoms with Crippen LogP contribution in [-0.2, 0) is 6.54 Å². The Labute approximate surface area is 96.0 Å². The van der Waals surface area contributed by atoms with Crippen LogP contribution in [0, 0.1) is 0 Å². The molecule has 0 bridgehead atoms. The van der Waals surface area contributed by atoms with E-state index in [2.05, 4.69) is 14.9 Å². The second kappa shape index (κ2) is 4.75. The summed E-state index contributed by atoms with van der Waals surface area (Å²) in [5.41, 5.74) is 0. The van der Waals surface area contributed by atoms with Gasteiger partial charge in [-0.05, 0) is 12.1 Å². The van der Waals surface area contributed by atoms with Gasteiger partial charge in [0.25, 0.3) is 0 Å². The standard InChI is InChI=1S/C9H10N4O2S/c1-13(6-7-3-2-4-15-7)9(14)11-8-5-10-12-16-8/h2-5H,6H2,1H3,(H,11,14). The maximum Gasteiger partial charge on any atom is 0.322 e. The van der Waals surface area contributed by atoms with Gasteiger partial charge in [-0.3, -0.25) is 5.32 Å². The number of rotatable bonds is 3. The molecule has 0 fully saturated rings. The van der Waals surface area contributed by atoms with Gasteiger partial charge < -0.3 is 9.32 Å². The molecule has 0 saturated carbocycles. The smallest absolute Gasteiger partial charge is 0.322 e. The van der Waals surface area contributed by atoms with Crippen molar-refractivity contribution in [1.82, 2.24) is 14.5 Å². The van der Waals surface area contributed by atoms with Crippen LogP contribution in [0.1, 0.15) is 5.76 Å². The normalized spacial score (nSPS) is 10.1. The number of amides is 2. The Morgan fingerprint density at radius 1 is 1.69 bits per heavy atom. The lowest BCUT2D eigenvalue weighted by molar-refractivity contribution is 0.217. The largest absolute Gasteiger partial charge is 0.467 e. The Hall–Kier alpha value is -1.89. The number of carbonyl (C=O) groups excluding carboxylic acids is 1. The van der Waals surface area contributed by atoms with Crippen molar-refractivity contribution in [3.8, 4) is 0 Å². The molecule has 0 atom stereocenters. The number of furan rings is 1. The highest BCUT2D eigenvalue weighted by Crippen LogP contribution is 2.11. The van der Waals surface area contributed by atoms with Crippen LogP contribution in [0.4, 0.5) is 9.80 Å².